The smallest absolute Gasteiger partial charge is 0.272 e. The summed E-state index contributed by atoms with van der Waals surface area (Å²) in [5, 5.41) is 0. The molecule has 0 N–H and O–H groups in total. The zero-order chi connectivity index (χ0) is 16.4. The van der Waals surface area contributed by atoms with Crippen molar-refractivity contribution in [2.24, 2.45) is 0 Å². The Hall–Kier alpha value is -1.40. The number of nitrogens with zero attached hydrogens (tertiary/aromatic N) is 4. The van der Waals surface area contributed by atoms with Crippen LogP contribution < -0.4 is 0 Å². The first-order valence-corrected chi connectivity index (χ1v) is 9.11. The minimum Gasteiger partial charge on any atom is -0.335 e. The summed E-state index contributed by atoms with van der Waals surface area (Å²) in [6.07, 6.45) is 3.75. The molecule has 0 atom stereocenters. The molecule has 3 heterocycles. The maximum atomic E-state index is 13.1. The summed E-state index contributed by atoms with van der Waals surface area (Å²) in [6.45, 7) is 8.81. The summed E-state index contributed by atoms with van der Waals surface area (Å²) in [5.74, 6) is 0.106. The van der Waals surface area contributed by atoms with Crippen molar-refractivity contribution in [2.75, 3.05) is 32.7 Å². The number of fused-ring (bicyclic) bond motifs is 1. The van der Waals surface area contributed by atoms with Crippen LogP contribution in [0.5, 0.6) is 0 Å². The molecule has 1 amide bonds. The van der Waals surface area contributed by atoms with Crippen LogP contribution in [0.2, 0.25) is 0 Å². The minimum atomic E-state index is 0.106. The van der Waals surface area contributed by atoms with E-state index in [1.54, 1.807) is 0 Å². The third-order valence-electron chi connectivity index (χ3n) is 4.45. The SMILES string of the molecule is CCCc1nc2ccc(Br)cn2c1C(=O)N1CCN(CC)CC1. The molecule has 5 nitrogen and oxygen atoms in total. The molecular formula is C17H23BrN4O. The second-order valence-electron chi connectivity index (χ2n) is 5.96. The molecule has 1 aliphatic heterocycles. The number of carbonyl (C=O) groups is 1. The highest BCUT2D eigenvalue weighted by atomic mass is 79.9. The van der Waals surface area contributed by atoms with Crippen LogP contribution in [-0.4, -0.2) is 57.8 Å². The summed E-state index contributed by atoms with van der Waals surface area (Å²) < 4.78 is 2.89. The fourth-order valence-electron chi connectivity index (χ4n) is 3.12. The fraction of sp³-hybridized carbons (Fsp3) is 0.529. The normalized spacial score (nSPS) is 16.2. The molecule has 0 radical (unpaired) electrons. The monoisotopic (exact) mass is 378 g/mol. The lowest BCUT2D eigenvalue weighted by molar-refractivity contribution is 0.0635. The Balaban J connectivity index is 1.95. The number of hydrogen-bond donors (Lipinski definition) is 0. The van der Waals surface area contributed by atoms with Gasteiger partial charge in [-0.3, -0.25) is 9.20 Å². The molecule has 1 fully saturated rings. The van der Waals surface area contributed by atoms with Gasteiger partial charge >= 0.3 is 0 Å². The van der Waals surface area contributed by atoms with Gasteiger partial charge in [-0.1, -0.05) is 20.3 Å². The van der Waals surface area contributed by atoms with Crippen molar-refractivity contribution in [3.8, 4) is 0 Å². The van der Waals surface area contributed by atoms with E-state index in [-0.39, 0.29) is 5.91 Å². The van der Waals surface area contributed by atoms with E-state index < -0.39 is 0 Å². The van der Waals surface area contributed by atoms with Crippen molar-refractivity contribution in [3.05, 3.63) is 34.2 Å². The molecule has 23 heavy (non-hydrogen) atoms. The Morgan fingerprint density at radius 3 is 2.61 bits per heavy atom. The topological polar surface area (TPSA) is 40.9 Å². The first-order valence-electron chi connectivity index (χ1n) is 8.32. The predicted octanol–water partition coefficient (Wildman–Crippen LogP) is 2.83. The molecule has 0 aliphatic carbocycles. The minimum absolute atomic E-state index is 0.106. The summed E-state index contributed by atoms with van der Waals surface area (Å²) >= 11 is 3.50. The van der Waals surface area contributed by atoms with Crippen LogP contribution in [0, 0.1) is 0 Å². The predicted molar refractivity (Wildman–Crippen MR) is 94.9 cm³/mol. The van der Waals surface area contributed by atoms with E-state index in [1.165, 1.54) is 0 Å². The van der Waals surface area contributed by atoms with Gasteiger partial charge in [-0.05, 0) is 41.0 Å². The fourth-order valence-corrected chi connectivity index (χ4v) is 3.46. The van der Waals surface area contributed by atoms with Crippen LogP contribution in [-0.2, 0) is 6.42 Å². The number of piperazine rings is 1. The molecule has 3 rings (SSSR count). The van der Waals surface area contributed by atoms with Gasteiger partial charge in [0, 0.05) is 36.8 Å². The van der Waals surface area contributed by atoms with Gasteiger partial charge in [0.1, 0.15) is 11.3 Å². The lowest BCUT2D eigenvalue weighted by Crippen LogP contribution is -2.48. The van der Waals surface area contributed by atoms with Crippen molar-refractivity contribution < 1.29 is 4.79 Å². The molecule has 6 heteroatoms. The van der Waals surface area contributed by atoms with Crippen molar-refractivity contribution >= 4 is 27.5 Å². The first kappa shape index (κ1) is 16.5. The average molecular weight is 379 g/mol. The lowest BCUT2D eigenvalue weighted by Gasteiger charge is -2.34. The summed E-state index contributed by atoms with van der Waals surface area (Å²) in [6, 6.07) is 3.92. The van der Waals surface area contributed by atoms with Crippen molar-refractivity contribution in [2.45, 2.75) is 26.7 Å². The van der Waals surface area contributed by atoms with Crippen LogP contribution in [0.15, 0.2) is 22.8 Å². The zero-order valence-corrected chi connectivity index (χ0v) is 15.3. The van der Waals surface area contributed by atoms with Crippen LogP contribution in [0.25, 0.3) is 5.65 Å². The molecule has 0 bridgehead atoms. The highest BCUT2D eigenvalue weighted by molar-refractivity contribution is 9.10. The van der Waals surface area contributed by atoms with Crippen molar-refractivity contribution in [1.29, 1.82) is 0 Å². The Kier molecular flexibility index (Phi) is 5.02. The number of likely N-dealkylation sites (N-methyl/N-ethyl adjacent to an activating group) is 1. The molecule has 2 aromatic rings. The molecule has 1 saturated heterocycles. The van der Waals surface area contributed by atoms with E-state index in [2.05, 4.69) is 39.7 Å². The van der Waals surface area contributed by atoms with Gasteiger partial charge in [0.2, 0.25) is 0 Å². The van der Waals surface area contributed by atoms with Gasteiger partial charge in [0.05, 0.1) is 5.69 Å². The third-order valence-corrected chi connectivity index (χ3v) is 4.92. The number of halogens is 1. The highest BCUT2D eigenvalue weighted by Gasteiger charge is 2.26. The van der Waals surface area contributed by atoms with Crippen LogP contribution in [0.1, 0.15) is 36.5 Å². The van der Waals surface area contributed by atoms with Crippen molar-refractivity contribution in [1.82, 2.24) is 19.2 Å². The number of aryl methyl sites for hydroxylation is 1. The molecule has 2 aromatic heterocycles. The maximum Gasteiger partial charge on any atom is 0.272 e. The van der Waals surface area contributed by atoms with E-state index in [0.29, 0.717) is 0 Å². The molecule has 0 saturated carbocycles. The van der Waals surface area contributed by atoms with E-state index in [4.69, 9.17) is 0 Å². The van der Waals surface area contributed by atoms with Gasteiger partial charge in [0.25, 0.3) is 5.91 Å². The molecule has 0 unspecified atom stereocenters. The molecular weight excluding hydrogens is 356 g/mol. The average Bonchev–Trinajstić information content (AvgIpc) is 2.92. The van der Waals surface area contributed by atoms with Gasteiger partial charge < -0.3 is 9.80 Å². The number of amides is 1. The van der Waals surface area contributed by atoms with Gasteiger partial charge in [0.15, 0.2) is 0 Å². The van der Waals surface area contributed by atoms with Gasteiger partial charge in [-0.15, -0.1) is 0 Å². The maximum absolute atomic E-state index is 13.1. The Labute approximate surface area is 145 Å². The standard InChI is InChI=1S/C17H23BrN4O/c1-3-5-14-16(22-12-13(18)6-7-15(22)19-14)17(23)21-10-8-20(4-2)9-11-21/h6-7,12H,3-5,8-11H2,1-2H3. The molecule has 1 aliphatic rings. The number of aromatic nitrogens is 2. The van der Waals surface area contributed by atoms with Gasteiger partial charge in [-0.2, -0.15) is 0 Å². The van der Waals surface area contributed by atoms with E-state index in [1.807, 2.05) is 27.6 Å². The van der Waals surface area contributed by atoms with E-state index in [0.717, 1.165) is 67.1 Å². The second-order valence-corrected chi connectivity index (χ2v) is 6.87. The highest BCUT2D eigenvalue weighted by Crippen LogP contribution is 2.20. The van der Waals surface area contributed by atoms with Gasteiger partial charge in [-0.25, -0.2) is 4.98 Å². The molecule has 0 aromatic carbocycles. The van der Waals surface area contributed by atoms with Crippen molar-refractivity contribution in [3.63, 3.8) is 0 Å². The zero-order valence-electron chi connectivity index (χ0n) is 13.8. The quantitative estimate of drug-likeness (QED) is 0.821. The Morgan fingerprint density at radius 2 is 1.96 bits per heavy atom. The number of rotatable bonds is 4. The molecule has 0 spiro atoms. The van der Waals surface area contributed by atoms with Crippen LogP contribution >= 0.6 is 15.9 Å². The van der Waals surface area contributed by atoms with Crippen LogP contribution in [0.4, 0.5) is 0 Å². The lowest BCUT2D eigenvalue weighted by atomic mass is 10.2. The Bertz CT molecular complexity index is 704. The third kappa shape index (κ3) is 3.28. The second kappa shape index (κ2) is 7.01. The van der Waals surface area contributed by atoms with Crippen LogP contribution in [0.3, 0.4) is 0 Å². The first-order chi connectivity index (χ1) is 11.1. The number of hydrogen-bond acceptors (Lipinski definition) is 3. The summed E-state index contributed by atoms with van der Waals surface area (Å²) in [5.41, 5.74) is 2.48. The number of pyridine rings is 1. The Morgan fingerprint density at radius 1 is 1.22 bits per heavy atom. The number of carbonyl (C=O) groups excluding carboxylic acids is 1. The van der Waals surface area contributed by atoms with E-state index in [9.17, 15) is 4.79 Å². The summed E-state index contributed by atoms with van der Waals surface area (Å²) in [7, 11) is 0. The molecule has 124 valence electrons. The summed E-state index contributed by atoms with van der Waals surface area (Å²) in [4.78, 5) is 22.1. The number of imidazole rings is 1. The largest absolute Gasteiger partial charge is 0.335 e. The van der Waals surface area contributed by atoms with E-state index >= 15 is 0 Å².